The monoisotopic (exact) mass is 326 g/mol. The average molecular weight is 326 g/mol. The molecule has 4 heteroatoms. The van der Waals surface area contributed by atoms with Crippen molar-refractivity contribution in [2.45, 2.75) is 13.0 Å². The molecule has 4 nitrogen and oxygen atoms in total. The Balaban J connectivity index is 1.72. The number of nitrogens with zero attached hydrogens (tertiary/aromatic N) is 4. The first-order chi connectivity index (χ1) is 12.4. The summed E-state index contributed by atoms with van der Waals surface area (Å²) in [5, 5.41) is 8.61. The standard InChI is InChI=1S/C21H18N4/c1-3-9-17(10-4-1)15-21(22-16-18-11-5-2-6-12-18)25-20-14-8-7-13-19(20)23-24-25/h1-14H,15-16H2. The maximum absolute atomic E-state index is 4.86. The molecule has 0 N–H and O–H groups in total. The smallest absolute Gasteiger partial charge is 0.132 e. The number of hydrogen-bond donors (Lipinski definition) is 0. The van der Waals surface area contributed by atoms with Gasteiger partial charge in [-0.1, -0.05) is 78.0 Å². The molecule has 0 aliphatic rings. The summed E-state index contributed by atoms with van der Waals surface area (Å²) in [5.74, 6) is 0.892. The lowest BCUT2D eigenvalue weighted by Gasteiger charge is -2.08. The molecule has 25 heavy (non-hydrogen) atoms. The molecule has 4 rings (SSSR count). The molecule has 0 unspecified atom stereocenters. The molecule has 4 aromatic rings. The van der Waals surface area contributed by atoms with Crippen molar-refractivity contribution in [2.75, 3.05) is 0 Å². The van der Waals surface area contributed by atoms with Crippen molar-refractivity contribution in [3.8, 4) is 0 Å². The van der Waals surface area contributed by atoms with Gasteiger partial charge < -0.3 is 0 Å². The van der Waals surface area contributed by atoms with E-state index in [0.717, 1.165) is 16.9 Å². The molecule has 3 aromatic carbocycles. The summed E-state index contributed by atoms with van der Waals surface area (Å²) in [6, 6.07) is 28.6. The highest BCUT2D eigenvalue weighted by molar-refractivity contribution is 5.93. The largest absolute Gasteiger partial charge is 0.265 e. The Kier molecular flexibility index (Phi) is 4.33. The van der Waals surface area contributed by atoms with E-state index < -0.39 is 0 Å². The number of aliphatic imine (C=N–C) groups is 1. The number of aromatic nitrogens is 3. The van der Waals surface area contributed by atoms with E-state index in [0.29, 0.717) is 13.0 Å². The van der Waals surface area contributed by atoms with Gasteiger partial charge in [0.1, 0.15) is 11.4 Å². The van der Waals surface area contributed by atoms with Crippen LogP contribution in [-0.2, 0) is 13.0 Å². The second kappa shape index (κ2) is 7.09. The van der Waals surface area contributed by atoms with E-state index in [1.54, 1.807) is 0 Å². The lowest BCUT2D eigenvalue weighted by atomic mass is 10.1. The minimum Gasteiger partial charge on any atom is -0.265 e. The molecule has 0 saturated carbocycles. The van der Waals surface area contributed by atoms with Crippen LogP contribution in [0.4, 0.5) is 0 Å². The molecular formula is C21H18N4. The van der Waals surface area contributed by atoms with Crippen LogP contribution < -0.4 is 0 Å². The number of benzene rings is 3. The third-order valence-electron chi connectivity index (χ3n) is 4.09. The summed E-state index contributed by atoms with van der Waals surface area (Å²) >= 11 is 0. The van der Waals surface area contributed by atoms with E-state index in [1.165, 1.54) is 11.1 Å². The Hall–Kier alpha value is -3.27. The summed E-state index contributed by atoms with van der Waals surface area (Å²) in [4.78, 5) is 4.86. The third kappa shape index (κ3) is 3.48. The highest BCUT2D eigenvalue weighted by Gasteiger charge is 2.10. The van der Waals surface area contributed by atoms with Crippen LogP contribution >= 0.6 is 0 Å². The predicted molar refractivity (Wildman–Crippen MR) is 101 cm³/mol. The van der Waals surface area contributed by atoms with E-state index in [4.69, 9.17) is 4.99 Å². The first-order valence-corrected chi connectivity index (χ1v) is 8.32. The van der Waals surface area contributed by atoms with Crippen molar-refractivity contribution in [2.24, 2.45) is 4.99 Å². The van der Waals surface area contributed by atoms with E-state index in [2.05, 4.69) is 34.6 Å². The van der Waals surface area contributed by atoms with Crippen molar-refractivity contribution in [1.29, 1.82) is 0 Å². The number of hydrogen-bond acceptors (Lipinski definition) is 3. The van der Waals surface area contributed by atoms with Crippen molar-refractivity contribution < 1.29 is 0 Å². The van der Waals surface area contributed by atoms with Crippen LogP contribution in [0.1, 0.15) is 11.1 Å². The van der Waals surface area contributed by atoms with Gasteiger partial charge in [-0.3, -0.25) is 4.99 Å². The molecule has 0 fully saturated rings. The van der Waals surface area contributed by atoms with E-state index in [9.17, 15) is 0 Å². The fourth-order valence-electron chi connectivity index (χ4n) is 2.80. The average Bonchev–Trinajstić information content (AvgIpc) is 3.11. The fourth-order valence-corrected chi connectivity index (χ4v) is 2.80. The van der Waals surface area contributed by atoms with E-state index in [1.807, 2.05) is 65.3 Å². The Morgan fingerprint density at radius 1 is 0.760 bits per heavy atom. The zero-order valence-corrected chi connectivity index (χ0v) is 13.8. The van der Waals surface area contributed by atoms with Crippen molar-refractivity contribution >= 4 is 16.9 Å². The molecule has 0 atom stereocenters. The summed E-state index contributed by atoms with van der Waals surface area (Å²) < 4.78 is 1.85. The molecule has 0 radical (unpaired) electrons. The number of rotatable bonds is 4. The van der Waals surface area contributed by atoms with Crippen LogP contribution in [0.25, 0.3) is 11.0 Å². The quantitative estimate of drug-likeness (QED) is 0.418. The summed E-state index contributed by atoms with van der Waals surface area (Å²) in [6.45, 7) is 0.622. The molecule has 122 valence electrons. The van der Waals surface area contributed by atoms with Gasteiger partial charge in [0.2, 0.25) is 0 Å². The second-order valence-corrected chi connectivity index (χ2v) is 5.87. The Labute approximate surface area is 146 Å². The van der Waals surface area contributed by atoms with Gasteiger partial charge in [0.25, 0.3) is 0 Å². The van der Waals surface area contributed by atoms with Gasteiger partial charge in [0, 0.05) is 6.42 Å². The van der Waals surface area contributed by atoms with Gasteiger partial charge in [-0.25, -0.2) is 0 Å². The molecule has 0 aliphatic carbocycles. The summed E-state index contributed by atoms with van der Waals surface area (Å²) in [5.41, 5.74) is 4.24. The second-order valence-electron chi connectivity index (χ2n) is 5.87. The molecule has 0 aliphatic heterocycles. The van der Waals surface area contributed by atoms with E-state index in [-0.39, 0.29) is 0 Å². The maximum atomic E-state index is 4.86. The first-order valence-electron chi connectivity index (χ1n) is 8.32. The van der Waals surface area contributed by atoms with Crippen LogP contribution in [0.3, 0.4) is 0 Å². The van der Waals surface area contributed by atoms with Crippen molar-refractivity contribution in [1.82, 2.24) is 15.0 Å². The minimum absolute atomic E-state index is 0.622. The van der Waals surface area contributed by atoms with Crippen LogP contribution in [0.2, 0.25) is 0 Å². The molecular weight excluding hydrogens is 308 g/mol. The molecule has 0 amide bonds. The Bertz CT molecular complexity index is 988. The van der Waals surface area contributed by atoms with Gasteiger partial charge >= 0.3 is 0 Å². The lowest BCUT2D eigenvalue weighted by Crippen LogP contribution is -2.17. The molecule has 0 saturated heterocycles. The molecule has 0 spiro atoms. The number of para-hydroxylation sites is 1. The highest BCUT2D eigenvalue weighted by atomic mass is 15.4. The predicted octanol–water partition coefficient (Wildman–Crippen LogP) is 4.12. The van der Waals surface area contributed by atoms with Crippen molar-refractivity contribution in [3.05, 3.63) is 96.1 Å². The van der Waals surface area contributed by atoms with E-state index >= 15 is 0 Å². The van der Waals surface area contributed by atoms with Crippen LogP contribution in [0, 0.1) is 0 Å². The Morgan fingerprint density at radius 2 is 1.40 bits per heavy atom. The first kappa shape index (κ1) is 15.3. The Morgan fingerprint density at radius 3 is 2.16 bits per heavy atom. The van der Waals surface area contributed by atoms with Crippen LogP contribution in [-0.4, -0.2) is 20.8 Å². The molecule has 1 aromatic heterocycles. The van der Waals surface area contributed by atoms with Gasteiger partial charge in [0.15, 0.2) is 0 Å². The van der Waals surface area contributed by atoms with Crippen LogP contribution in [0.15, 0.2) is 89.9 Å². The maximum Gasteiger partial charge on any atom is 0.132 e. The SMILES string of the molecule is c1ccc(CN=C(Cc2ccccc2)n2nnc3ccccc32)cc1. The minimum atomic E-state index is 0.622. The van der Waals surface area contributed by atoms with Crippen molar-refractivity contribution in [3.63, 3.8) is 0 Å². The van der Waals surface area contributed by atoms with Gasteiger partial charge in [-0.2, -0.15) is 4.68 Å². The van der Waals surface area contributed by atoms with Gasteiger partial charge in [-0.15, -0.1) is 5.10 Å². The summed E-state index contributed by atoms with van der Waals surface area (Å²) in [7, 11) is 0. The summed E-state index contributed by atoms with van der Waals surface area (Å²) in [6.07, 6.45) is 0.709. The normalized spacial score (nSPS) is 11.8. The molecule has 1 heterocycles. The van der Waals surface area contributed by atoms with Gasteiger partial charge in [-0.05, 0) is 23.3 Å². The lowest BCUT2D eigenvalue weighted by molar-refractivity contribution is 0.835. The molecule has 0 bridgehead atoms. The number of fused-ring (bicyclic) bond motifs is 1. The van der Waals surface area contributed by atoms with Gasteiger partial charge in [0.05, 0.1) is 12.1 Å². The fraction of sp³-hybridized carbons (Fsp3) is 0.0952. The topological polar surface area (TPSA) is 43.1 Å². The van der Waals surface area contributed by atoms with Crippen LogP contribution in [0.5, 0.6) is 0 Å². The zero-order chi connectivity index (χ0) is 16.9. The third-order valence-corrected chi connectivity index (χ3v) is 4.09. The highest BCUT2D eigenvalue weighted by Crippen LogP contribution is 2.13. The zero-order valence-electron chi connectivity index (χ0n) is 13.8.